The van der Waals surface area contributed by atoms with Gasteiger partial charge >= 0.3 is 0 Å². The molecule has 2 unspecified atom stereocenters. The van der Waals surface area contributed by atoms with E-state index in [9.17, 15) is 4.79 Å². The lowest BCUT2D eigenvalue weighted by atomic mass is 9.98. The number of carbonyl (C=O) groups is 1. The average molecular weight is 295 g/mol. The van der Waals surface area contributed by atoms with Crippen molar-refractivity contribution in [2.24, 2.45) is 0 Å². The SMILES string of the molecule is CCCC(NC(C)Cc1ccccc1)C(=O)c1ccccc1. The molecule has 0 saturated carbocycles. The van der Waals surface area contributed by atoms with E-state index in [2.05, 4.69) is 43.4 Å². The first kappa shape index (κ1) is 16.4. The lowest BCUT2D eigenvalue weighted by Crippen LogP contribution is -2.43. The molecule has 2 aromatic rings. The van der Waals surface area contributed by atoms with E-state index in [0.717, 1.165) is 24.8 Å². The topological polar surface area (TPSA) is 29.1 Å². The molecule has 0 aliphatic carbocycles. The van der Waals surface area contributed by atoms with Gasteiger partial charge in [0.1, 0.15) is 0 Å². The number of rotatable bonds is 8. The molecule has 0 aromatic heterocycles. The molecule has 0 saturated heterocycles. The van der Waals surface area contributed by atoms with Crippen LogP contribution in [0.2, 0.25) is 0 Å². The Balaban J connectivity index is 2.00. The van der Waals surface area contributed by atoms with Crippen molar-refractivity contribution in [3.05, 3.63) is 71.8 Å². The lowest BCUT2D eigenvalue weighted by molar-refractivity contribution is 0.0930. The second-order valence-electron chi connectivity index (χ2n) is 5.83. The zero-order valence-electron chi connectivity index (χ0n) is 13.5. The number of ketones is 1. The van der Waals surface area contributed by atoms with E-state index in [-0.39, 0.29) is 17.9 Å². The van der Waals surface area contributed by atoms with Crippen molar-refractivity contribution in [3.63, 3.8) is 0 Å². The Morgan fingerprint density at radius 2 is 1.59 bits per heavy atom. The summed E-state index contributed by atoms with van der Waals surface area (Å²) in [6.07, 6.45) is 2.80. The molecule has 0 fully saturated rings. The molecule has 2 nitrogen and oxygen atoms in total. The van der Waals surface area contributed by atoms with E-state index in [4.69, 9.17) is 0 Å². The highest BCUT2D eigenvalue weighted by Crippen LogP contribution is 2.10. The Morgan fingerprint density at radius 3 is 2.18 bits per heavy atom. The highest BCUT2D eigenvalue weighted by Gasteiger charge is 2.20. The second kappa shape index (κ2) is 8.50. The third kappa shape index (κ3) is 4.81. The molecule has 0 radical (unpaired) electrons. The van der Waals surface area contributed by atoms with Crippen molar-refractivity contribution < 1.29 is 4.79 Å². The van der Waals surface area contributed by atoms with Gasteiger partial charge in [-0.25, -0.2) is 0 Å². The van der Waals surface area contributed by atoms with E-state index in [0.29, 0.717) is 0 Å². The van der Waals surface area contributed by atoms with Gasteiger partial charge in [-0.05, 0) is 25.3 Å². The maximum atomic E-state index is 12.7. The fourth-order valence-electron chi connectivity index (χ4n) is 2.75. The molecule has 2 aromatic carbocycles. The molecule has 0 bridgehead atoms. The second-order valence-corrected chi connectivity index (χ2v) is 5.83. The first-order valence-corrected chi connectivity index (χ1v) is 8.10. The minimum absolute atomic E-state index is 0.105. The Labute approximate surface area is 133 Å². The van der Waals surface area contributed by atoms with E-state index in [1.54, 1.807) is 0 Å². The number of carbonyl (C=O) groups excluding carboxylic acids is 1. The molecule has 116 valence electrons. The summed E-state index contributed by atoms with van der Waals surface area (Å²) in [4.78, 5) is 12.7. The fourth-order valence-corrected chi connectivity index (χ4v) is 2.75. The van der Waals surface area contributed by atoms with Crippen LogP contribution < -0.4 is 5.32 Å². The van der Waals surface area contributed by atoms with Crippen LogP contribution in [0.4, 0.5) is 0 Å². The van der Waals surface area contributed by atoms with Gasteiger partial charge in [-0.1, -0.05) is 74.0 Å². The molecule has 2 heteroatoms. The summed E-state index contributed by atoms with van der Waals surface area (Å²) in [6, 6.07) is 20.1. The lowest BCUT2D eigenvalue weighted by Gasteiger charge is -2.22. The quantitative estimate of drug-likeness (QED) is 0.737. The summed E-state index contributed by atoms with van der Waals surface area (Å²) in [5, 5.41) is 3.52. The van der Waals surface area contributed by atoms with Gasteiger partial charge in [-0.3, -0.25) is 4.79 Å². The number of nitrogens with one attached hydrogen (secondary N) is 1. The zero-order chi connectivity index (χ0) is 15.8. The first-order valence-electron chi connectivity index (χ1n) is 8.10. The molecular formula is C20H25NO. The van der Waals surface area contributed by atoms with Gasteiger partial charge in [0.25, 0.3) is 0 Å². The normalized spacial score (nSPS) is 13.5. The van der Waals surface area contributed by atoms with Crippen LogP contribution in [0.25, 0.3) is 0 Å². The minimum Gasteiger partial charge on any atom is -0.304 e. The molecule has 22 heavy (non-hydrogen) atoms. The molecule has 2 rings (SSSR count). The van der Waals surface area contributed by atoms with Crippen molar-refractivity contribution in [3.8, 4) is 0 Å². The van der Waals surface area contributed by atoms with Crippen LogP contribution in [-0.4, -0.2) is 17.9 Å². The van der Waals surface area contributed by atoms with Crippen LogP contribution in [0.3, 0.4) is 0 Å². The third-order valence-corrected chi connectivity index (χ3v) is 3.82. The average Bonchev–Trinajstić information content (AvgIpc) is 2.55. The Hall–Kier alpha value is -1.93. The van der Waals surface area contributed by atoms with Crippen LogP contribution in [0, 0.1) is 0 Å². The van der Waals surface area contributed by atoms with Crippen molar-refractivity contribution in [2.45, 2.75) is 45.2 Å². The maximum absolute atomic E-state index is 12.7. The van der Waals surface area contributed by atoms with Gasteiger partial charge in [-0.2, -0.15) is 0 Å². The maximum Gasteiger partial charge on any atom is 0.179 e. The standard InChI is InChI=1S/C20H25NO/c1-3-10-19(20(22)18-13-8-5-9-14-18)21-16(2)15-17-11-6-4-7-12-17/h4-9,11-14,16,19,21H,3,10,15H2,1-2H3. The van der Waals surface area contributed by atoms with E-state index >= 15 is 0 Å². The predicted octanol–water partition coefficient (Wildman–Crippen LogP) is 4.26. The predicted molar refractivity (Wildman–Crippen MR) is 92.2 cm³/mol. The number of hydrogen-bond acceptors (Lipinski definition) is 2. The van der Waals surface area contributed by atoms with Crippen molar-refractivity contribution in [2.75, 3.05) is 0 Å². The van der Waals surface area contributed by atoms with Crippen molar-refractivity contribution in [1.82, 2.24) is 5.32 Å². The van der Waals surface area contributed by atoms with Gasteiger partial charge in [-0.15, -0.1) is 0 Å². The summed E-state index contributed by atoms with van der Waals surface area (Å²) in [7, 11) is 0. The summed E-state index contributed by atoms with van der Waals surface area (Å²) in [5.41, 5.74) is 2.09. The summed E-state index contributed by atoms with van der Waals surface area (Å²) in [5.74, 6) is 0.197. The van der Waals surface area contributed by atoms with Crippen LogP contribution in [0.5, 0.6) is 0 Å². The van der Waals surface area contributed by atoms with Crippen molar-refractivity contribution >= 4 is 5.78 Å². The zero-order valence-corrected chi connectivity index (χ0v) is 13.5. The van der Waals surface area contributed by atoms with Crippen LogP contribution in [0.1, 0.15) is 42.6 Å². The summed E-state index contributed by atoms with van der Waals surface area (Å²) < 4.78 is 0. The molecule has 0 amide bonds. The van der Waals surface area contributed by atoms with E-state index in [1.807, 2.05) is 36.4 Å². The number of benzene rings is 2. The fraction of sp³-hybridized carbons (Fsp3) is 0.350. The number of hydrogen-bond donors (Lipinski definition) is 1. The first-order chi connectivity index (χ1) is 10.7. The molecular weight excluding hydrogens is 270 g/mol. The molecule has 2 atom stereocenters. The van der Waals surface area contributed by atoms with Gasteiger partial charge in [0.05, 0.1) is 6.04 Å². The van der Waals surface area contributed by atoms with Crippen molar-refractivity contribution in [1.29, 1.82) is 0 Å². The van der Waals surface area contributed by atoms with Gasteiger partial charge < -0.3 is 5.32 Å². The molecule has 1 N–H and O–H groups in total. The van der Waals surface area contributed by atoms with Gasteiger partial charge in [0.15, 0.2) is 5.78 Å². The third-order valence-electron chi connectivity index (χ3n) is 3.82. The summed E-state index contributed by atoms with van der Waals surface area (Å²) >= 11 is 0. The Kier molecular flexibility index (Phi) is 6.35. The van der Waals surface area contributed by atoms with Crippen LogP contribution in [-0.2, 0) is 6.42 Å². The largest absolute Gasteiger partial charge is 0.304 e. The molecule has 0 spiro atoms. The van der Waals surface area contributed by atoms with Gasteiger partial charge in [0, 0.05) is 11.6 Å². The molecule has 0 aliphatic heterocycles. The highest BCUT2D eigenvalue weighted by molar-refractivity contribution is 6.00. The summed E-state index contributed by atoms with van der Waals surface area (Å²) in [6.45, 7) is 4.27. The molecule has 0 heterocycles. The number of Topliss-reactive ketones (excluding diaryl/α,β-unsaturated/α-hetero) is 1. The highest BCUT2D eigenvalue weighted by atomic mass is 16.1. The molecule has 0 aliphatic rings. The van der Waals surface area contributed by atoms with Crippen LogP contribution >= 0.6 is 0 Å². The van der Waals surface area contributed by atoms with Crippen LogP contribution in [0.15, 0.2) is 60.7 Å². The Morgan fingerprint density at radius 1 is 1.00 bits per heavy atom. The smallest absolute Gasteiger partial charge is 0.179 e. The Bertz CT molecular complexity index is 565. The van der Waals surface area contributed by atoms with E-state index in [1.165, 1.54) is 5.56 Å². The van der Waals surface area contributed by atoms with Gasteiger partial charge in [0.2, 0.25) is 0 Å². The monoisotopic (exact) mass is 295 g/mol. The minimum atomic E-state index is -0.105. The van der Waals surface area contributed by atoms with E-state index < -0.39 is 0 Å².